The Morgan fingerprint density at radius 1 is 1.25 bits per heavy atom. The minimum atomic E-state index is 1.06. The van der Waals surface area contributed by atoms with E-state index in [9.17, 15) is 0 Å². The number of allylic oxidation sites excluding steroid dienone is 4. The first-order valence-corrected chi connectivity index (χ1v) is 2.74. The lowest BCUT2D eigenvalue weighted by Gasteiger charge is -1.71. The van der Waals surface area contributed by atoms with Gasteiger partial charge in [0.15, 0.2) is 0 Å². The molecule has 1 N–H and O–H groups in total. The van der Waals surface area contributed by atoms with E-state index in [0.29, 0.717) is 0 Å². The molecule has 0 spiro atoms. The second kappa shape index (κ2) is 6.15. The summed E-state index contributed by atoms with van der Waals surface area (Å²) in [6, 6.07) is 0. The van der Waals surface area contributed by atoms with Gasteiger partial charge in [0.2, 0.25) is 0 Å². The highest BCUT2D eigenvalue weighted by Crippen LogP contribution is 1.79. The summed E-state index contributed by atoms with van der Waals surface area (Å²) in [7, 11) is 0. The Balaban J connectivity index is 3.26. The van der Waals surface area contributed by atoms with Gasteiger partial charge in [0.1, 0.15) is 0 Å². The maximum absolute atomic E-state index is 6.59. The molecule has 44 valence electrons. The number of rotatable bonds is 3. The summed E-state index contributed by atoms with van der Waals surface area (Å²) >= 11 is 0. The predicted octanol–water partition coefficient (Wildman–Crippen LogP) is 2.16. The monoisotopic (exact) mass is 109 g/mol. The normalized spacial score (nSPS) is 11.1. The average molecular weight is 109 g/mol. The van der Waals surface area contributed by atoms with Crippen molar-refractivity contribution in [1.29, 1.82) is 5.41 Å². The zero-order valence-corrected chi connectivity index (χ0v) is 5.09. The molecule has 0 heterocycles. The van der Waals surface area contributed by atoms with Crippen LogP contribution < -0.4 is 0 Å². The van der Waals surface area contributed by atoms with Crippen molar-refractivity contribution in [3.8, 4) is 0 Å². The summed E-state index contributed by atoms with van der Waals surface area (Å²) < 4.78 is 0. The summed E-state index contributed by atoms with van der Waals surface area (Å²) in [4.78, 5) is 0. The predicted molar refractivity (Wildman–Crippen MR) is 37.4 cm³/mol. The topological polar surface area (TPSA) is 23.9 Å². The molecule has 8 heavy (non-hydrogen) atoms. The molecule has 0 aliphatic carbocycles. The van der Waals surface area contributed by atoms with Gasteiger partial charge in [0.05, 0.1) is 0 Å². The highest BCUT2D eigenvalue weighted by Gasteiger charge is 1.59. The van der Waals surface area contributed by atoms with Crippen LogP contribution in [0.25, 0.3) is 0 Å². The molecule has 0 atom stereocenters. The number of hydrogen-bond donors (Lipinski definition) is 1. The zero-order valence-electron chi connectivity index (χ0n) is 5.09. The summed E-state index contributed by atoms with van der Waals surface area (Å²) in [6.07, 6.45) is 9.83. The first-order chi connectivity index (χ1) is 3.91. The molecule has 1 nitrogen and oxygen atoms in total. The number of nitrogens with one attached hydrogen (secondary N) is 1. The van der Waals surface area contributed by atoms with Crippen molar-refractivity contribution in [1.82, 2.24) is 0 Å². The van der Waals surface area contributed by atoms with Gasteiger partial charge in [-0.2, -0.15) is 0 Å². The minimum Gasteiger partial charge on any atom is -0.309 e. The smallest absolute Gasteiger partial charge is 0.0177 e. The van der Waals surface area contributed by atoms with Gasteiger partial charge in [0, 0.05) is 6.21 Å². The van der Waals surface area contributed by atoms with Crippen molar-refractivity contribution >= 4 is 6.21 Å². The van der Waals surface area contributed by atoms with Crippen molar-refractivity contribution in [3.63, 3.8) is 0 Å². The van der Waals surface area contributed by atoms with Crippen LogP contribution in [0.15, 0.2) is 24.3 Å². The van der Waals surface area contributed by atoms with E-state index in [0.717, 1.165) is 6.42 Å². The zero-order chi connectivity index (χ0) is 6.24. The number of hydrogen-bond acceptors (Lipinski definition) is 1. The minimum absolute atomic E-state index is 1.06. The molecule has 0 aliphatic rings. The molecule has 0 rings (SSSR count). The fourth-order valence-electron chi connectivity index (χ4n) is 0.334. The Hall–Kier alpha value is -0.850. The molecule has 0 aromatic carbocycles. The molecular weight excluding hydrogens is 98.1 g/mol. The van der Waals surface area contributed by atoms with Crippen LogP contribution in [0.3, 0.4) is 0 Å². The maximum Gasteiger partial charge on any atom is 0.0177 e. The summed E-state index contributed by atoms with van der Waals surface area (Å²) in [5.41, 5.74) is 0. The summed E-state index contributed by atoms with van der Waals surface area (Å²) in [5.74, 6) is 0. The van der Waals surface area contributed by atoms with E-state index >= 15 is 0 Å². The van der Waals surface area contributed by atoms with Crippen molar-refractivity contribution in [3.05, 3.63) is 24.3 Å². The Morgan fingerprint density at radius 2 is 2.00 bits per heavy atom. The molecule has 0 saturated carbocycles. The van der Waals surface area contributed by atoms with Crippen LogP contribution in [-0.2, 0) is 0 Å². The maximum atomic E-state index is 6.59. The average Bonchev–Trinajstić information content (AvgIpc) is 1.81. The fourth-order valence-corrected chi connectivity index (χ4v) is 0.334. The lowest BCUT2D eigenvalue weighted by molar-refractivity contribution is 1.22. The van der Waals surface area contributed by atoms with Crippen LogP contribution >= 0.6 is 0 Å². The van der Waals surface area contributed by atoms with Crippen LogP contribution in [0.1, 0.15) is 13.3 Å². The molecule has 0 aromatic rings. The van der Waals surface area contributed by atoms with Gasteiger partial charge in [-0.25, -0.2) is 0 Å². The Labute approximate surface area is 50.2 Å². The highest BCUT2D eigenvalue weighted by atomic mass is 14.3. The molecule has 0 saturated heterocycles. The van der Waals surface area contributed by atoms with E-state index in [-0.39, 0.29) is 0 Å². The molecule has 0 aromatic heterocycles. The van der Waals surface area contributed by atoms with Crippen molar-refractivity contribution < 1.29 is 0 Å². The molecule has 0 radical (unpaired) electrons. The fraction of sp³-hybridized carbons (Fsp3) is 0.286. The second-order valence-corrected chi connectivity index (χ2v) is 1.39. The van der Waals surface area contributed by atoms with Gasteiger partial charge in [0.25, 0.3) is 0 Å². The Bertz CT molecular complexity index is 101. The standard InChI is InChI=1S/C7H11N/c1-2-3-4-5-6-7-8/h3-8H,2H2,1H3/b4-3?,6-5-,8-7?. The van der Waals surface area contributed by atoms with Gasteiger partial charge in [-0.15, -0.1) is 0 Å². The van der Waals surface area contributed by atoms with Gasteiger partial charge in [-0.3, -0.25) is 0 Å². The van der Waals surface area contributed by atoms with Gasteiger partial charge in [-0.05, 0) is 12.5 Å². The molecule has 0 unspecified atom stereocenters. The lowest BCUT2D eigenvalue weighted by Crippen LogP contribution is -1.54. The summed E-state index contributed by atoms with van der Waals surface area (Å²) in [6.45, 7) is 2.08. The van der Waals surface area contributed by atoms with Gasteiger partial charge < -0.3 is 5.41 Å². The molecular formula is C7H11N. The largest absolute Gasteiger partial charge is 0.309 e. The third-order valence-electron chi connectivity index (χ3n) is 0.690. The lowest BCUT2D eigenvalue weighted by atomic mass is 10.4. The molecule has 0 amide bonds. The van der Waals surface area contributed by atoms with Crippen molar-refractivity contribution in [2.45, 2.75) is 13.3 Å². The third kappa shape index (κ3) is 5.15. The van der Waals surface area contributed by atoms with Gasteiger partial charge in [-0.1, -0.05) is 25.2 Å². The van der Waals surface area contributed by atoms with Crippen LogP contribution in [0.5, 0.6) is 0 Å². The SMILES string of the molecule is CCC=C/C=C\C=N. The van der Waals surface area contributed by atoms with Crippen molar-refractivity contribution in [2.75, 3.05) is 0 Å². The first kappa shape index (κ1) is 7.15. The molecule has 0 aliphatic heterocycles. The van der Waals surface area contributed by atoms with E-state index in [1.54, 1.807) is 6.08 Å². The summed E-state index contributed by atoms with van der Waals surface area (Å²) in [5, 5.41) is 6.59. The molecule has 0 bridgehead atoms. The van der Waals surface area contributed by atoms with Crippen molar-refractivity contribution in [2.24, 2.45) is 0 Å². The van der Waals surface area contributed by atoms with Gasteiger partial charge >= 0.3 is 0 Å². The molecule has 1 heteroatoms. The molecule has 0 fully saturated rings. The Morgan fingerprint density at radius 3 is 2.50 bits per heavy atom. The first-order valence-electron chi connectivity index (χ1n) is 2.74. The van der Waals surface area contributed by atoms with E-state index < -0.39 is 0 Å². The van der Waals surface area contributed by atoms with E-state index in [1.165, 1.54) is 6.21 Å². The van der Waals surface area contributed by atoms with E-state index in [4.69, 9.17) is 5.41 Å². The third-order valence-corrected chi connectivity index (χ3v) is 0.690. The Kier molecular flexibility index (Phi) is 5.50. The quantitative estimate of drug-likeness (QED) is 0.424. The highest BCUT2D eigenvalue weighted by molar-refractivity contribution is 5.68. The van der Waals surface area contributed by atoms with E-state index in [2.05, 4.69) is 6.92 Å². The van der Waals surface area contributed by atoms with Crippen LogP contribution in [0, 0.1) is 5.41 Å². The van der Waals surface area contributed by atoms with Crippen LogP contribution in [-0.4, -0.2) is 6.21 Å². The van der Waals surface area contributed by atoms with Crippen LogP contribution in [0.2, 0.25) is 0 Å². The van der Waals surface area contributed by atoms with E-state index in [1.807, 2.05) is 18.2 Å². The second-order valence-electron chi connectivity index (χ2n) is 1.39. The van der Waals surface area contributed by atoms with Crippen LogP contribution in [0.4, 0.5) is 0 Å².